The SMILES string of the molecule is CCNC(=NCC(CC)N1CCCC1)NC(C)Cc1c(C)nn(C)c1C. The maximum Gasteiger partial charge on any atom is 0.191 e. The zero-order valence-electron chi connectivity index (χ0n) is 17.6. The van der Waals surface area contributed by atoms with Gasteiger partial charge in [-0.3, -0.25) is 14.6 Å². The first-order chi connectivity index (χ1) is 12.5. The molecule has 1 aliphatic heterocycles. The van der Waals surface area contributed by atoms with Crippen LogP contribution in [0, 0.1) is 13.8 Å². The zero-order chi connectivity index (χ0) is 19.1. The van der Waals surface area contributed by atoms with Crippen LogP contribution in [0.4, 0.5) is 0 Å². The van der Waals surface area contributed by atoms with Crippen LogP contribution < -0.4 is 10.6 Å². The van der Waals surface area contributed by atoms with Gasteiger partial charge in [0.2, 0.25) is 0 Å². The fourth-order valence-electron chi connectivity index (χ4n) is 3.83. The molecule has 0 aromatic carbocycles. The Balaban J connectivity index is 1.97. The smallest absolute Gasteiger partial charge is 0.191 e. The minimum atomic E-state index is 0.307. The van der Waals surface area contributed by atoms with E-state index in [9.17, 15) is 0 Å². The second kappa shape index (κ2) is 9.95. The van der Waals surface area contributed by atoms with Crippen LogP contribution in [0.3, 0.4) is 0 Å². The van der Waals surface area contributed by atoms with Gasteiger partial charge in [-0.05, 0) is 72.0 Å². The number of hydrogen-bond donors (Lipinski definition) is 2. The first kappa shape index (κ1) is 20.7. The molecule has 2 atom stereocenters. The summed E-state index contributed by atoms with van der Waals surface area (Å²) in [4.78, 5) is 7.49. The Labute approximate surface area is 159 Å². The van der Waals surface area contributed by atoms with Crippen LogP contribution in [-0.4, -0.2) is 58.9 Å². The second-order valence-electron chi connectivity index (χ2n) is 7.55. The molecule has 0 aliphatic carbocycles. The lowest BCUT2D eigenvalue weighted by Gasteiger charge is -2.25. The van der Waals surface area contributed by atoms with E-state index in [0.29, 0.717) is 12.1 Å². The van der Waals surface area contributed by atoms with Crippen molar-refractivity contribution in [3.05, 3.63) is 17.0 Å². The number of likely N-dealkylation sites (tertiary alicyclic amines) is 1. The van der Waals surface area contributed by atoms with E-state index >= 15 is 0 Å². The molecule has 26 heavy (non-hydrogen) atoms. The summed E-state index contributed by atoms with van der Waals surface area (Å²) in [6.07, 6.45) is 4.78. The Morgan fingerprint density at radius 1 is 1.23 bits per heavy atom. The Morgan fingerprint density at radius 3 is 2.46 bits per heavy atom. The number of nitrogens with one attached hydrogen (secondary N) is 2. The van der Waals surface area contributed by atoms with Crippen molar-refractivity contribution in [3.8, 4) is 0 Å². The molecular weight excluding hydrogens is 324 g/mol. The molecule has 2 unspecified atom stereocenters. The van der Waals surface area contributed by atoms with E-state index in [1.807, 2.05) is 11.7 Å². The van der Waals surface area contributed by atoms with Crippen molar-refractivity contribution in [2.45, 2.75) is 72.4 Å². The third-order valence-electron chi connectivity index (χ3n) is 5.48. The molecule has 0 radical (unpaired) electrons. The highest BCUT2D eigenvalue weighted by Gasteiger charge is 2.20. The van der Waals surface area contributed by atoms with E-state index in [-0.39, 0.29) is 0 Å². The van der Waals surface area contributed by atoms with Gasteiger partial charge in [0.05, 0.1) is 12.2 Å². The monoisotopic (exact) mass is 362 g/mol. The lowest BCUT2D eigenvalue weighted by Crippen LogP contribution is -2.44. The molecule has 148 valence electrons. The lowest BCUT2D eigenvalue weighted by atomic mass is 10.1. The summed E-state index contributed by atoms with van der Waals surface area (Å²) >= 11 is 0. The van der Waals surface area contributed by atoms with E-state index in [1.165, 1.54) is 37.2 Å². The number of aliphatic imine (C=N–C) groups is 1. The van der Waals surface area contributed by atoms with Gasteiger partial charge >= 0.3 is 0 Å². The number of aromatic nitrogens is 2. The van der Waals surface area contributed by atoms with E-state index in [0.717, 1.165) is 37.6 Å². The second-order valence-corrected chi connectivity index (χ2v) is 7.55. The average molecular weight is 363 g/mol. The molecular formula is C20H38N6. The number of rotatable bonds is 8. The summed E-state index contributed by atoms with van der Waals surface area (Å²) in [7, 11) is 2.01. The van der Waals surface area contributed by atoms with Crippen LogP contribution >= 0.6 is 0 Å². The molecule has 0 amide bonds. The van der Waals surface area contributed by atoms with Gasteiger partial charge in [0.25, 0.3) is 0 Å². The zero-order valence-corrected chi connectivity index (χ0v) is 17.6. The summed E-state index contributed by atoms with van der Waals surface area (Å²) in [5.41, 5.74) is 3.71. The predicted molar refractivity (Wildman–Crippen MR) is 110 cm³/mol. The summed E-state index contributed by atoms with van der Waals surface area (Å²) in [6.45, 7) is 15.1. The standard InChI is InChI=1S/C20H38N6/c1-7-18(26-11-9-10-12-26)14-22-20(21-8-2)23-15(3)13-19-16(4)24-25(6)17(19)5/h15,18H,7-14H2,1-6H3,(H2,21,22,23). The molecule has 1 fully saturated rings. The molecule has 2 heterocycles. The van der Waals surface area contributed by atoms with Gasteiger partial charge in [0.1, 0.15) is 0 Å². The molecule has 0 saturated carbocycles. The molecule has 2 rings (SSSR count). The van der Waals surface area contributed by atoms with Crippen molar-refractivity contribution < 1.29 is 0 Å². The van der Waals surface area contributed by atoms with Gasteiger partial charge in [0.15, 0.2) is 5.96 Å². The fraction of sp³-hybridized carbons (Fsp3) is 0.800. The Hall–Kier alpha value is -1.56. The average Bonchev–Trinajstić information content (AvgIpc) is 3.20. The first-order valence-corrected chi connectivity index (χ1v) is 10.2. The maximum absolute atomic E-state index is 4.89. The summed E-state index contributed by atoms with van der Waals surface area (Å²) in [5.74, 6) is 0.928. The van der Waals surface area contributed by atoms with Gasteiger partial charge < -0.3 is 10.6 Å². The molecule has 6 nitrogen and oxygen atoms in total. The molecule has 1 aromatic rings. The molecule has 6 heteroatoms. The van der Waals surface area contributed by atoms with Crippen LogP contribution in [0.25, 0.3) is 0 Å². The molecule has 1 saturated heterocycles. The topological polar surface area (TPSA) is 57.5 Å². The lowest BCUT2D eigenvalue weighted by molar-refractivity contribution is 0.242. The number of aryl methyl sites for hydroxylation is 2. The van der Waals surface area contributed by atoms with Crippen LogP contribution in [-0.2, 0) is 13.5 Å². The summed E-state index contributed by atoms with van der Waals surface area (Å²) < 4.78 is 1.97. The van der Waals surface area contributed by atoms with E-state index in [1.54, 1.807) is 0 Å². The van der Waals surface area contributed by atoms with Gasteiger partial charge in [0, 0.05) is 31.4 Å². The third kappa shape index (κ3) is 5.47. The van der Waals surface area contributed by atoms with Crippen molar-refractivity contribution in [2.24, 2.45) is 12.0 Å². The Bertz CT molecular complexity index is 585. The van der Waals surface area contributed by atoms with Crippen molar-refractivity contribution in [1.29, 1.82) is 0 Å². The quantitative estimate of drug-likeness (QED) is 0.551. The van der Waals surface area contributed by atoms with Crippen molar-refractivity contribution in [3.63, 3.8) is 0 Å². The fourth-order valence-corrected chi connectivity index (χ4v) is 3.83. The van der Waals surface area contributed by atoms with Crippen LogP contribution in [0.1, 0.15) is 57.0 Å². The van der Waals surface area contributed by atoms with Crippen LogP contribution in [0.2, 0.25) is 0 Å². The summed E-state index contributed by atoms with van der Waals surface area (Å²) in [5, 5.41) is 11.5. The highest BCUT2D eigenvalue weighted by molar-refractivity contribution is 5.80. The molecule has 1 aromatic heterocycles. The van der Waals surface area contributed by atoms with Gasteiger partial charge in [-0.1, -0.05) is 6.92 Å². The Kier molecular flexibility index (Phi) is 7.94. The number of nitrogens with zero attached hydrogens (tertiary/aromatic N) is 4. The van der Waals surface area contributed by atoms with Crippen LogP contribution in [0.15, 0.2) is 4.99 Å². The minimum Gasteiger partial charge on any atom is -0.357 e. The van der Waals surface area contributed by atoms with Gasteiger partial charge in [-0.15, -0.1) is 0 Å². The predicted octanol–water partition coefficient (Wildman–Crippen LogP) is 2.40. The van der Waals surface area contributed by atoms with Gasteiger partial charge in [-0.25, -0.2) is 0 Å². The highest BCUT2D eigenvalue weighted by atomic mass is 15.3. The van der Waals surface area contributed by atoms with Crippen LogP contribution in [0.5, 0.6) is 0 Å². The van der Waals surface area contributed by atoms with E-state index in [4.69, 9.17) is 4.99 Å². The molecule has 0 bridgehead atoms. The molecule has 2 N–H and O–H groups in total. The van der Waals surface area contributed by atoms with Crippen molar-refractivity contribution in [2.75, 3.05) is 26.2 Å². The van der Waals surface area contributed by atoms with E-state index in [2.05, 4.69) is 55.3 Å². The Morgan fingerprint density at radius 2 is 1.92 bits per heavy atom. The van der Waals surface area contributed by atoms with E-state index < -0.39 is 0 Å². The third-order valence-corrected chi connectivity index (χ3v) is 5.48. The molecule has 1 aliphatic rings. The van der Waals surface area contributed by atoms with Crippen molar-refractivity contribution >= 4 is 5.96 Å². The molecule has 0 spiro atoms. The largest absolute Gasteiger partial charge is 0.357 e. The number of hydrogen-bond acceptors (Lipinski definition) is 3. The minimum absolute atomic E-state index is 0.307. The number of guanidine groups is 1. The van der Waals surface area contributed by atoms with Crippen molar-refractivity contribution in [1.82, 2.24) is 25.3 Å². The van der Waals surface area contributed by atoms with Gasteiger partial charge in [-0.2, -0.15) is 5.10 Å². The normalized spacial score (nSPS) is 18.2. The maximum atomic E-state index is 4.89. The highest BCUT2D eigenvalue weighted by Crippen LogP contribution is 2.15. The first-order valence-electron chi connectivity index (χ1n) is 10.2. The summed E-state index contributed by atoms with van der Waals surface area (Å²) in [6, 6.07) is 0.868.